The van der Waals surface area contributed by atoms with Crippen molar-refractivity contribution in [2.75, 3.05) is 38.1 Å². The molecule has 1 heterocycles. The van der Waals surface area contributed by atoms with Gasteiger partial charge in [-0.2, -0.15) is 0 Å². The fraction of sp³-hybridized carbons (Fsp3) is 0.625. The van der Waals surface area contributed by atoms with Gasteiger partial charge in [-0.3, -0.25) is 4.90 Å². The second-order valence-corrected chi connectivity index (χ2v) is 6.65. The smallest absolute Gasteiger partial charge is 0.0427 e. The molecule has 0 spiro atoms. The Hall–Kier alpha value is -0.770. The van der Waals surface area contributed by atoms with Crippen molar-refractivity contribution >= 4 is 17.3 Å². The molecular weight excluding hydrogens is 270 g/mol. The van der Waals surface area contributed by atoms with Gasteiger partial charge in [-0.15, -0.1) is 0 Å². The first kappa shape index (κ1) is 15.6. The zero-order valence-corrected chi connectivity index (χ0v) is 13.8. The lowest BCUT2D eigenvalue weighted by Crippen LogP contribution is -2.57. The Bertz CT molecular complexity index is 459. The van der Waals surface area contributed by atoms with Gasteiger partial charge in [0.05, 0.1) is 0 Å². The van der Waals surface area contributed by atoms with Crippen LogP contribution in [0.4, 0.5) is 5.69 Å². The summed E-state index contributed by atoms with van der Waals surface area (Å²) < 4.78 is 0. The van der Waals surface area contributed by atoms with Crippen LogP contribution in [-0.2, 0) is 6.54 Å². The maximum atomic E-state index is 6.21. The van der Waals surface area contributed by atoms with Gasteiger partial charge in [-0.05, 0) is 45.1 Å². The van der Waals surface area contributed by atoms with E-state index in [0.29, 0.717) is 0 Å². The highest BCUT2D eigenvalue weighted by Gasteiger charge is 2.31. The first-order valence-corrected chi connectivity index (χ1v) is 7.77. The summed E-state index contributed by atoms with van der Waals surface area (Å²) in [5, 5.41) is 4.23. The van der Waals surface area contributed by atoms with Crippen LogP contribution in [0.1, 0.15) is 26.3 Å². The van der Waals surface area contributed by atoms with Gasteiger partial charge in [0.2, 0.25) is 0 Å². The molecule has 0 radical (unpaired) electrons. The second-order valence-electron chi connectivity index (χ2n) is 6.21. The van der Waals surface area contributed by atoms with Gasteiger partial charge in [0, 0.05) is 42.4 Å². The zero-order chi connectivity index (χ0) is 14.8. The molecule has 112 valence electrons. The molecule has 1 fully saturated rings. The van der Waals surface area contributed by atoms with Crippen molar-refractivity contribution in [3.05, 3.63) is 28.8 Å². The number of halogens is 1. The van der Waals surface area contributed by atoms with Gasteiger partial charge < -0.3 is 10.2 Å². The summed E-state index contributed by atoms with van der Waals surface area (Å²) in [5.41, 5.74) is 2.80. The van der Waals surface area contributed by atoms with E-state index < -0.39 is 0 Å². The molecule has 0 atom stereocenters. The quantitative estimate of drug-likeness (QED) is 0.921. The van der Waals surface area contributed by atoms with Gasteiger partial charge in [0.1, 0.15) is 0 Å². The Morgan fingerprint density at radius 3 is 2.70 bits per heavy atom. The molecule has 1 aliphatic rings. The summed E-state index contributed by atoms with van der Waals surface area (Å²) in [6.45, 7) is 11.8. The lowest BCUT2D eigenvalue weighted by Gasteiger charge is -2.46. The van der Waals surface area contributed by atoms with Gasteiger partial charge >= 0.3 is 0 Å². The monoisotopic (exact) mass is 295 g/mol. The van der Waals surface area contributed by atoms with Crippen molar-refractivity contribution in [1.29, 1.82) is 0 Å². The van der Waals surface area contributed by atoms with Gasteiger partial charge in [-0.25, -0.2) is 0 Å². The first-order chi connectivity index (χ1) is 9.44. The van der Waals surface area contributed by atoms with Gasteiger partial charge in [-0.1, -0.05) is 24.6 Å². The Morgan fingerprint density at radius 1 is 1.30 bits per heavy atom. The molecule has 0 unspecified atom stereocenters. The normalized spacial score (nSPS) is 19.4. The Labute approximate surface area is 127 Å². The lowest BCUT2D eigenvalue weighted by molar-refractivity contribution is 0.139. The van der Waals surface area contributed by atoms with E-state index in [9.17, 15) is 0 Å². The van der Waals surface area contributed by atoms with Crippen molar-refractivity contribution in [2.24, 2.45) is 0 Å². The van der Waals surface area contributed by atoms with Crippen molar-refractivity contribution in [3.63, 3.8) is 0 Å². The molecule has 20 heavy (non-hydrogen) atoms. The minimum Gasteiger partial charge on any atom is -0.368 e. The fourth-order valence-electron chi connectivity index (χ4n) is 2.69. The van der Waals surface area contributed by atoms with E-state index in [-0.39, 0.29) is 5.54 Å². The van der Waals surface area contributed by atoms with E-state index in [1.807, 2.05) is 6.07 Å². The molecule has 1 saturated heterocycles. The van der Waals surface area contributed by atoms with Crippen molar-refractivity contribution in [3.8, 4) is 0 Å². The number of nitrogens with zero attached hydrogens (tertiary/aromatic N) is 2. The van der Waals surface area contributed by atoms with E-state index >= 15 is 0 Å². The first-order valence-electron chi connectivity index (χ1n) is 7.39. The van der Waals surface area contributed by atoms with Crippen LogP contribution in [-0.4, -0.2) is 43.7 Å². The number of hydrogen-bond acceptors (Lipinski definition) is 3. The SMILES string of the molecule is CCNCc1ccc(Cl)cc1N1CCN(C)C(C)(C)C1. The minimum absolute atomic E-state index is 0.190. The molecular formula is C16H26ClN3. The van der Waals surface area contributed by atoms with Crippen LogP contribution in [0.3, 0.4) is 0 Å². The molecule has 1 aliphatic heterocycles. The second kappa shape index (κ2) is 6.33. The van der Waals surface area contributed by atoms with E-state index in [1.165, 1.54) is 11.3 Å². The van der Waals surface area contributed by atoms with E-state index in [1.54, 1.807) is 0 Å². The molecule has 0 aromatic heterocycles. The van der Waals surface area contributed by atoms with Crippen molar-refractivity contribution in [1.82, 2.24) is 10.2 Å². The number of likely N-dealkylation sites (N-methyl/N-ethyl adjacent to an activating group) is 1. The minimum atomic E-state index is 0.190. The predicted octanol–water partition coefficient (Wildman–Crippen LogP) is 2.98. The van der Waals surface area contributed by atoms with Crippen molar-refractivity contribution < 1.29 is 0 Å². The highest BCUT2D eigenvalue weighted by Crippen LogP contribution is 2.29. The highest BCUT2D eigenvalue weighted by molar-refractivity contribution is 6.30. The third-order valence-corrected chi connectivity index (χ3v) is 4.51. The molecule has 1 N–H and O–H groups in total. The van der Waals surface area contributed by atoms with Crippen LogP contribution in [0.2, 0.25) is 5.02 Å². The number of anilines is 1. The van der Waals surface area contributed by atoms with E-state index in [0.717, 1.165) is 37.7 Å². The van der Waals surface area contributed by atoms with Crippen LogP contribution in [0.25, 0.3) is 0 Å². The maximum Gasteiger partial charge on any atom is 0.0427 e. The van der Waals surface area contributed by atoms with E-state index in [2.05, 4.69) is 55.1 Å². The molecule has 0 bridgehead atoms. The van der Waals surface area contributed by atoms with Crippen LogP contribution < -0.4 is 10.2 Å². The predicted molar refractivity (Wildman–Crippen MR) is 87.8 cm³/mol. The highest BCUT2D eigenvalue weighted by atomic mass is 35.5. The Balaban J connectivity index is 2.24. The summed E-state index contributed by atoms with van der Waals surface area (Å²) in [6, 6.07) is 6.24. The van der Waals surface area contributed by atoms with Crippen LogP contribution in [0.5, 0.6) is 0 Å². The molecule has 1 aromatic rings. The topological polar surface area (TPSA) is 18.5 Å². The van der Waals surface area contributed by atoms with E-state index in [4.69, 9.17) is 11.6 Å². The molecule has 3 nitrogen and oxygen atoms in total. The Kier molecular flexibility index (Phi) is 4.95. The molecule has 0 amide bonds. The largest absolute Gasteiger partial charge is 0.368 e. The molecule has 4 heteroatoms. The van der Waals surface area contributed by atoms with Crippen LogP contribution >= 0.6 is 11.6 Å². The van der Waals surface area contributed by atoms with Crippen molar-refractivity contribution in [2.45, 2.75) is 32.9 Å². The average Bonchev–Trinajstić information content (AvgIpc) is 2.40. The third-order valence-electron chi connectivity index (χ3n) is 4.27. The van der Waals surface area contributed by atoms with Gasteiger partial charge in [0.15, 0.2) is 0 Å². The summed E-state index contributed by atoms with van der Waals surface area (Å²) >= 11 is 6.21. The Morgan fingerprint density at radius 2 is 2.05 bits per heavy atom. The molecule has 1 aromatic carbocycles. The van der Waals surface area contributed by atoms with Crippen LogP contribution in [0, 0.1) is 0 Å². The summed E-state index contributed by atoms with van der Waals surface area (Å²) in [4.78, 5) is 4.90. The van der Waals surface area contributed by atoms with Crippen LogP contribution in [0.15, 0.2) is 18.2 Å². The summed E-state index contributed by atoms with van der Waals surface area (Å²) in [6.07, 6.45) is 0. The number of piperazine rings is 1. The average molecular weight is 296 g/mol. The molecule has 0 aliphatic carbocycles. The third kappa shape index (κ3) is 3.46. The standard InChI is InChI=1S/C16H26ClN3/c1-5-18-11-13-6-7-14(17)10-15(13)20-9-8-19(4)16(2,3)12-20/h6-7,10,18H,5,8-9,11-12H2,1-4H3. The summed E-state index contributed by atoms with van der Waals surface area (Å²) in [5.74, 6) is 0. The molecule has 2 rings (SSSR count). The number of rotatable bonds is 4. The fourth-order valence-corrected chi connectivity index (χ4v) is 2.85. The van der Waals surface area contributed by atoms with Gasteiger partial charge in [0.25, 0.3) is 0 Å². The number of hydrogen-bond donors (Lipinski definition) is 1. The summed E-state index contributed by atoms with van der Waals surface area (Å²) in [7, 11) is 2.20. The zero-order valence-electron chi connectivity index (χ0n) is 13.0. The maximum absolute atomic E-state index is 6.21. The number of benzene rings is 1. The number of nitrogens with one attached hydrogen (secondary N) is 1. The lowest BCUT2D eigenvalue weighted by atomic mass is 9.98. The molecule has 0 saturated carbocycles.